The summed E-state index contributed by atoms with van der Waals surface area (Å²) in [4.78, 5) is 18.1. The first kappa shape index (κ1) is 20.5. The van der Waals surface area contributed by atoms with E-state index in [2.05, 4.69) is 15.2 Å². The van der Waals surface area contributed by atoms with Crippen molar-refractivity contribution in [2.75, 3.05) is 18.0 Å². The van der Waals surface area contributed by atoms with Crippen LogP contribution >= 0.6 is 0 Å². The molecule has 0 spiro atoms. The normalized spacial score (nSPS) is 20.2. The van der Waals surface area contributed by atoms with E-state index in [1.807, 2.05) is 49.5 Å². The third-order valence-electron chi connectivity index (χ3n) is 5.90. The van der Waals surface area contributed by atoms with E-state index in [0.29, 0.717) is 6.10 Å². The molecule has 0 bridgehead atoms. The van der Waals surface area contributed by atoms with E-state index in [4.69, 9.17) is 9.47 Å². The molecule has 1 saturated heterocycles. The fraction of sp³-hybridized carbons (Fsp3) is 0.500. The van der Waals surface area contributed by atoms with Gasteiger partial charge in [-0.2, -0.15) is 0 Å². The number of amides is 1. The molecule has 2 fully saturated rings. The summed E-state index contributed by atoms with van der Waals surface area (Å²) in [6.45, 7) is 5.26. The van der Waals surface area contributed by atoms with E-state index in [9.17, 15) is 4.79 Å². The number of pyridine rings is 1. The molecule has 1 N–H and O–H groups in total. The Labute approximate surface area is 178 Å². The fourth-order valence-electron chi connectivity index (χ4n) is 4.28. The van der Waals surface area contributed by atoms with Gasteiger partial charge in [-0.25, -0.2) is 4.98 Å². The minimum absolute atomic E-state index is 0.00906. The lowest BCUT2D eigenvalue weighted by Gasteiger charge is -2.19. The van der Waals surface area contributed by atoms with Crippen molar-refractivity contribution in [2.24, 2.45) is 0 Å². The minimum Gasteiger partial charge on any atom is -0.489 e. The van der Waals surface area contributed by atoms with Crippen LogP contribution in [0, 0.1) is 0 Å². The van der Waals surface area contributed by atoms with Gasteiger partial charge in [-0.3, -0.25) is 4.79 Å². The number of carbonyl (C=O) groups is 1. The largest absolute Gasteiger partial charge is 0.489 e. The van der Waals surface area contributed by atoms with Gasteiger partial charge in [0, 0.05) is 19.9 Å². The number of benzene rings is 1. The summed E-state index contributed by atoms with van der Waals surface area (Å²) in [6.07, 6.45) is 8.14. The summed E-state index contributed by atoms with van der Waals surface area (Å²) in [5.41, 5.74) is 1.06. The maximum Gasteiger partial charge on any atom is 0.217 e. The quantitative estimate of drug-likeness (QED) is 0.740. The zero-order chi connectivity index (χ0) is 20.9. The highest BCUT2D eigenvalue weighted by atomic mass is 16.5. The average Bonchev–Trinajstić information content (AvgIpc) is 3.41. The molecule has 1 aromatic heterocycles. The highest BCUT2D eigenvalue weighted by molar-refractivity contribution is 5.73. The van der Waals surface area contributed by atoms with Crippen LogP contribution in [0.25, 0.3) is 0 Å². The third kappa shape index (κ3) is 5.23. The molecule has 4 rings (SSSR count). The van der Waals surface area contributed by atoms with Gasteiger partial charge >= 0.3 is 0 Å². The summed E-state index contributed by atoms with van der Waals surface area (Å²) >= 11 is 0. The van der Waals surface area contributed by atoms with Gasteiger partial charge in [0.1, 0.15) is 23.4 Å². The van der Waals surface area contributed by atoms with Crippen LogP contribution in [-0.2, 0) is 4.79 Å². The number of carbonyl (C=O) groups excluding carboxylic acids is 1. The van der Waals surface area contributed by atoms with Crippen molar-refractivity contribution in [3.8, 4) is 11.5 Å². The smallest absolute Gasteiger partial charge is 0.217 e. The second-order valence-electron chi connectivity index (χ2n) is 8.34. The third-order valence-corrected chi connectivity index (χ3v) is 5.90. The maximum atomic E-state index is 11.2. The van der Waals surface area contributed by atoms with Crippen molar-refractivity contribution >= 4 is 11.7 Å². The number of nitrogens with one attached hydrogen (secondary N) is 1. The Morgan fingerprint density at radius 1 is 1.03 bits per heavy atom. The van der Waals surface area contributed by atoms with E-state index in [1.165, 1.54) is 19.8 Å². The molecule has 2 heterocycles. The molecule has 30 heavy (non-hydrogen) atoms. The Hall–Kier alpha value is -2.76. The summed E-state index contributed by atoms with van der Waals surface area (Å²) in [5, 5.41) is 2.90. The standard InChI is InChI=1S/C24H31N3O3/c1-17(26-18(2)28)19-7-9-21(10-8-19)30-23-13-14-27(16-23)24-12-11-22(15-25-24)29-20-5-3-4-6-20/h7-12,15,17,20,23H,3-6,13-14,16H2,1-2H3,(H,26,28)/t17-,23?/m0/s1. The Morgan fingerprint density at radius 2 is 1.73 bits per heavy atom. The van der Waals surface area contributed by atoms with Crippen LogP contribution in [0.4, 0.5) is 5.82 Å². The zero-order valence-electron chi connectivity index (χ0n) is 17.8. The SMILES string of the molecule is CC(=O)N[C@@H](C)c1ccc(OC2CCN(c3ccc(OC4CCCC4)cn3)C2)cc1. The lowest BCUT2D eigenvalue weighted by atomic mass is 10.1. The molecule has 1 amide bonds. The fourth-order valence-corrected chi connectivity index (χ4v) is 4.28. The van der Waals surface area contributed by atoms with Gasteiger partial charge in [-0.15, -0.1) is 0 Å². The second-order valence-corrected chi connectivity index (χ2v) is 8.34. The first-order valence-corrected chi connectivity index (χ1v) is 11.0. The van der Waals surface area contributed by atoms with Crippen molar-refractivity contribution in [2.45, 2.75) is 64.2 Å². The molecule has 0 radical (unpaired) electrons. The van der Waals surface area contributed by atoms with E-state index in [0.717, 1.165) is 55.2 Å². The monoisotopic (exact) mass is 409 g/mol. The molecule has 160 valence electrons. The number of anilines is 1. The molecule has 1 unspecified atom stereocenters. The molecule has 1 aliphatic carbocycles. The van der Waals surface area contributed by atoms with Crippen LogP contribution in [0.2, 0.25) is 0 Å². The molecule has 2 atom stereocenters. The van der Waals surface area contributed by atoms with E-state index in [1.54, 1.807) is 0 Å². The predicted molar refractivity (Wildman–Crippen MR) is 117 cm³/mol. The first-order valence-electron chi connectivity index (χ1n) is 11.0. The topological polar surface area (TPSA) is 63.7 Å². The van der Waals surface area contributed by atoms with Crippen molar-refractivity contribution in [1.29, 1.82) is 0 Å². The molecule has 6 heteroatoms. The summed E-state index contributed by atoms with van der Waals surface area (Å²) in [5.74, 6) is 2.67. The number of aromatic nitrogens is 1. The molecule has 6 nitrogen and oxygen atoms in total. The van der Waals surface area contributed by atoms with Crippen LogP contribution in [0.3, 0.4) is 0 Å². The Balaban J connectivity index is 1.28. The highest BCUT2D eigenvalue weighted by Crippen LogP contribution is 2.27. The highest BCUT2D eigenvalue weighted by Gasteiger charge is 2.25. The van der Waals surface area contributed by atoms with Gasteiger partial charge in [0.2, 0.25) is 5.91 Å². The minimum atomic E-state index is -0.0272. The summed E-state index contributed by atoms with van der Waals surface area (Å²) < 4.78 is 12.2. The number of ether oxygens (including phenoxy) is 2. The lowest BCUT2D eigenvalue weighted by Crippen LogP contribution is -2.25. The van der Waals surface area contributed by atoms with Crippen molar-refractivity contribution < 1.29 is 14.3 Å². The molecule has 2 aliphatic rings. The number of hydrogen-bond acceptors (Lipinski definition) is 5. The van der Waals surface area contributed by atoms with E-state index < -0.39 is 0 Å². The van der Waals surface area contributed by atoms with E-state index >= 15 is 0 Å². The number of hydrogen-bond donors (Lipinski definition) is 1. The second kappa shape index (κ2) is 9.37. The summed E-state index contributed by atoms with van der Waals surface area (Å²) in [7, 11) is 0. The van der Waals surface area contributed by atoms with Crippen molar-refractivity contribution in [3.63, 3.8) is 0 Å². The number of nitrogens with zero attached hydrogens (tertiary/aromatic N) is 2. The lowest BCUT2D eigenvalue weighted by molar-refractivity contribution is -0.119. The van der Waals surface area contributed by atoms with Crippen LogP contribution in [-0.4, -0.2) is 36.2 Å². The van der Waals surface area contributed by atoms with E-state index in [-0.39, 0.29) is 18.1 Å². The first-order chi connectivity index (χ1) is 14.6. The van der Waals surface area contributed by atoms with Crippen LogP contribution in [0.1, 0.15) is 57.6 Å². The maximum absolute atomic E-state index is 11.2. The molecule has 2 aromatic rings. The zero-order valence-corrected chi connectivity index (χ0v) is 17.8. The van der Waals surface area contributed by atoms with Gasteiger partial charge < -0.3 is 19.7 Å². The van der Waals surface area contributed by atoms with Crippen molar-refractivity contribution in [3.05, 3.63) is 48.2 Å². The predicted octanol–water partition coefficient (Wildman–Crippen LogP) is 4.26. The van der Waals surface area contributed by atoms with Gasteiger partial charge in [0.25, 0.3) is 0 Å². The molecular formula is C24H31N3O3. The summed E-state index contributed by atoms with van der Waals surface area (Å²) in [6, 6.07) is 12.0. The van der Waals surface area contributed by atoms with Crippen molar-refractivity contribution in [1.82, 2.24) is 10.3 Å². The van der Waals surface area contributed by atoms with Crippen LogP contribution < -0.4 is 19.7 Å². The molecule has 1 aliphatic heterocycles. The Kier molecular flexibility index (Phi) is 6.41. The van der Waals surface area contributed by atoms with Gasteiger partial charge in [0.05, 0.1) is 24.9 Å². The number of rotatable bonds is 7. The van der Waals surface area contributed by atoms with Gasteiger partial charge in [-0.05, 0) is 62.4 Å². The van der Waals surface area contributed by atoms with Gasteiger partial charge in [0.15, 0.2) is 0 Å². The Morgan fingerprint density at radius 3 is 2.40 bits per heavy atom. The molecular weight excluding hydrogens is 378 g/mol. The van der Waals surface area contributed by atoms with Crippen LogP contribution in [0.5, 0.6) is 11.5 Å². The Bertz CT molecular complexity index is 832. The molecule has 1 aromatic carbocycles. The average molecular weight is 410 g/mol. The van der Waals surface area contributed by atoms with Gasteiger partial charge in [-0.1, -0.05) is 12.1 Å². The van der Waals surface area contributed by atoms with Crippen LogP contribution in [0.15, 0.2) is 42.6 Å². The molecule has 1 saturated carbocycles.